The predicted octanol–water partition coefficient (Wildman–Crippen LogP) is 3.09. The van der Waals surface area contributed by atoms with Crippen molar-refractivity contribution in [2.45, 2.75) is 49.7 Å². The van der Waals surface area contributed by atoms with Crippen LogP contribution in [0.15, 0.2) is 34.2 Å². The molecule has 2 aromatic rings. The summed E-state index contributed by atoms with van der Waals surface area (Å²) in [5, 5.41) is 13.9. The molecule has 0 amide bonds. The lowest BCUT2D eigenvalue weighted by Gasteiger charge is -2.26. The number of hydrogen-bond donors (Lipinski definition) is 2. The first-order chi connectivity index (χ1) is 13.6. The lowest BCUT2D eigenvalue weighted by atomic mass is 9.83. The van der Waals surface area contributed by atoms with E-state index in [1.807, 2.05) is 20.8 Å². The topological polar surface area (TPSA) is 78.8 Å². The molecule has 0 saturated heterocycles. The Morgan fingerprint density at radius 2 is 1.77 bits per heavy atom. The van der Waals surface area contributed by atoms with E-state index in [-0.39, 0.29) is 27.5 Å². The number of nitrogens with zero attached hydrogens (tertiary/aromatic N) is 1. The van der Waals surface area contributed by atoms with E-state index < -0.39 is 37.6 Å². The zero-order valence-electron chi connectivity index (χ0n) is 16.6. The van der Waals surface area contributed by atoms with Gasteiger partial charge in [-0.05, 0) is 42.2 Å². The van der Waals surface area contributed by atoms with Crippen LogP contribution in [0, 0.1) is 12.7 Å². The molecule has 0 spiro atoms. The van der Waals surface area contributed by atoms with Crippen LogP contribution in [0.4, 0.5) is 17.6 Å². The van der Waals surface area contributed by atoms with E-state index in [1.54, 1.807) is 0 Å². The molecule has 0 saturated carbocycles. The maximum Gasteiger partial charge on any atom is 0.501 e. The molecule has 30 heavy (non-hydrogen) atoms. The van der Waals surface area contributed by atoms with Crippen LogP contribution in [0.1, 0.15) is 43.6 Å². The van der Waals surface area contributed by atoms with Gasteiger partial charge in [0.1, 0.15) is 17.7 Å². The van der Waals surface area contributed by atoms with Gasteiger partial charge in [0.25, 0.3) is 9.84 Å². The molecule has 0 fully saturated rings. The molecule has 0 aromatic heterocycles. The predicted molar refractivity (Wildman–Crippen MR) is 102 cm³/mol. The second-order valence-electron chi connectivity index (χ2n) is 8.06. The summed E-state index contributed by atoms with van der Waals surface area (Å²) in [6, 6.07) is 4.10. The summed E-state index contributed by atoms with van der Waals surface area (Å²) in [7, 11) is -5.50. The first kappa shape index (κ1) is 22.1. The minimum absolute atomic E-state index is 0.126. The molecule has 1 aliphatic heterocycles. The summed E-state index contributed by atoms with van der Waals surface area (Å²) in [6.07, 6.45) is 0.391. The smallest absolute Gasteiger partial charge is 0.501 e. The Hall–Kier alpha value is -2.62. The second-order valence-corrected chi connectivity index (χ2v) is 10.00. The van der Waals surface area contributed by atoms with Gasteiger partial charge in [0.2, 0.25) is 0 Å². The standard InChI is InChI=1S/C20H20F4N2O3S/c1-10-14(21)8-13(19(2,3)4)17(27)16(10)18-25-9-11-7-12(5-6-15(11)26-18)30(28,29)20(22,23)24/h5-9,18,25,27H,1-4H3. The van der Waals surface area contributed by atoms with Crippen LogP contribution >= 0.6 is 0 Å². The number of benzene rings is 2. The van der Waals surface area contributed by atoms with Crippen LogP contribution in [0.25, 0.3) is 6.20 Å². The molecular weight excluding hydrogens is 424 g/mol. The number of rotatable bonds is 2. The molecule has 1 unspecified atom stereocenters. The number of fused-ring (bicyclic) bond motifs is 1. The molecule has 10 heteroatoms. The number of alkyl halides is 3. The second kappa shape index (κ2) is 6.97. The van der Waals surface area contributed by atoms with Crippen molar-refractivity contribution in [2.75, 3.05) is 0 Å². The average molecular weight is 444 g/mol. The number of sulfone groups is 1. The number of halogens is 4. The quantitative estimate of drug-likeness (QED) is 0.698. The Morgan fingerprint density at radius 3 is 2.33 bits per heavy atom. The lowest BCUT2D eigenvalue weighted by molar-refractivity contribution is -0.0436. The Labute approximate surface area is 170 Å². The van der Waals surface area contributed by atoms with Gasteiger partial charge in [-0.3, -0.25) is 4.99 Å². The van der Waals surface area contributed by atoms with Crippen molar-refractivity contribution in [1.82, 2.24) is 5.32 Å². The summed E-state index contributed by atoms with van der Waals surface area (Å²) >= 11 is 0. The first-order valence-corrected chi connectivity index (χ1v) is 10.4. The highest BCUT2D eigenvalue weighted by Gasteiger charge is 2.46. The Morgan fingerprint density at radius 1 is 1.13 bits per heavy atom. The van der Waals surface area contributed by atoms with Crippen LogP contribution in [-0.4, -0.2) is 19.0 Å². The molecule has 1 atom stereocenters. The van der Waals surface area contributed by atoms with Crippen molar-refractivity contribution in [3.05, 3.63) is 57.3 Å². The summed E-state index contributed by atoms with van der Waals surface area (Å²) in [5.74, 6) is -0.655. The maximum atomic E-state index is 14.5. The maximum absolute atomic E-state index is 14.5. The molecule has 0 aliphatic carbocycles. The van der Waals surface area contributed by atoms with E-state index in [4.69, 9.17) is 0 Å². The van der Waals surface area contributed by atoms with Gasteiger partial charge in [-0.2, -0.15) is 13.2 Å². The van der Waals surface area contributed by atoms with Crippen molar-refractivity contribution in [3.63, 3.8) is 0 Å². The zero-order valence-corrected chi connectivity index (χ0v) is 17.4. The van der Waals surface area contributed by atoms with E-state index in [0.717, 1.165) is 18.2 Å². The van der Waals surface area contributed by atoms with Crippen LogP contribution < -0.4 is 15.9 Å². The van der Waals surface area contributed by atoms with Crippen molar-refractivity contribution >= 4 is 16.0 Å². The third-order valence-corrected chi connectivity index (χ3v) is 6.39. The van der Waals surface area contributed by atoms with Gasteiger partial charge in [0.05, 0.1) is 10.3 Å². The molecule has 162 valence electrons. The fourth-order valence-corrected chi connectivity index (χ4v) is 4.02. The molecule has 0 bridgehead atoms. The molecule has 1 aliphatic rings. The highest BCUT2D eigenvalue weighted by molar-refractivity contribution is 7.92. The van der Waals surface area contributed by atoms with Crippen molar-refractivity contribution in [3.8, 4) is 5.75 Å². The summed E-state index contributed by atoms with van der Waals surface area (Å²) < 4.78 is 76.2. The highest BCUT2D eigenvalue weighted by Crippen LogP contribution is 2.39. The normalized spacial score (nSPS) is 16.9. The average Bonchev–Trinajstić information content (AvgIpc) is 2.62. The zero-order chi connectivity index (χ0) is 22.6. The fourth-order valence-electron chi connectivity index (χ4n) is 3.22. The van der Waals surface area contributed by atoms with Gasteiger partial charge < -0.3 is 10.4 Å². The summed E-state index contributed by atoms with van der Waals surface area (Å²) in [4.78, 5) is 3.44. The van der Waals surface area contributed by atoms with Gasteiger partial charge in [0, 0.05) is 22.5 Å². The van der Waals surface area contributed by atoms with Gasteiger partial charge in [-0.25, -0.2) is 12.8 Å². The lowest BCUT2D eigenvalue weighted by Crippen LogP contribution is -2.37. The number of aromatic hydroxyl groups is 1. The van der Waals surface area contributed by atoms with E-state index in [2.05, 4.69) is 10.3 Å². The molecule has 1 heterocycles. The van der Waals surface area contributed by atoms with E-state index in [0.29, 0.717) is 5.56 Å². The fraction of sp³-hybridized carbons (Fsp3) is 0.350. The number of phenolic OH excluding ortho intramolecular Hbond substituents is 1. The molecule has 3 rings (SSSR count). The third kappa shape index (κ3) is 3.64. The number of phenols is 1. The van der Waals surface area contributed by atoms with Gasteiger partial charge in [-0.1, -0.05) is 20.8 Å². The first-order valence-electron chi connectivity index (χ1n) is 8.92. The van der Waals surface area contributed by atoms with Crippen molar-refractivity contribution in [2.24, 2.45) is 4.99 Å². The van der Waals surface area contributed by atoms with E-state index >= 15 is 0 Å². The Bertz CT molecular complexity index is 1250. The summed E-state index contributed by atoms with van der Waals surface area (Å²) in [6.45, 7) is 6.94. The molecule has 2 N–H and O–H groups in total. The molecule has 2 aromatic carbocycles. The third-order valence-electron chi connectivity index (χ3n) is 4.90. The monoisotopic (exact) mass is 444 g/mol. The van der Waals surface area contributed by atoms with Crippen LogP contribution in [0.3, 0.4) is 0 Å². The van der Waals surface area contributed by atoms with Crippen LogP contribution in [-0.2, 0) is 15.3 Å². The molecule has 5 nitrogen and oxygen atoms in total. The summed E-state index contributed by atoms with van der Waals surface area (Å²) in [5.41, 5.74) is -5.21. The van der Waals surface area contributed by atoms with E-state index in [9.17, 15) is 31.1 Å². The minimum Gasteiger partial charge on any atom is -0.507 e. The van der Waals surface area contributed by atoms with Gasteiger partial charge in [0.15, 0.2) is 0 Å². The van der Waals surface area contributed by atoms with Crippen LogP contribution in [0.5, 0.6) is 5.75 Å². The largest absolute Gasteiger partial charge is 0.507 e. The van der Waals surface area contributed by atoms with Gasteiger partial charge >= 0.3 is 5.51 Å². The van der Waals surface area contributed by atoms with E-state index in [1.165, 1.54) is 19.2 Å². The Kier molecular flexibility index (Phi) is 5.13. The van der Waals surface area contributed by atoms with Crippen molar-refractivity contribution in [1.29, 1.82) is 0 Å². The number of nitrogens with one attached hydrogen (secondary N) is 1. The SMILES string of the molecule is Cc1c(F)cc(C(C)(C)C)c(O)c1C1N=c2ccc(S(=O)(=O)C(F)(F)F)cc2=CN1. The Balaban J connectivity index is 2.15. The highest BCUT2D eigenvalue weighted by atomic mass is 32.2. The molecular formula is C20H20F4N2O3S. The van der Waals surface area contributed by atoms with Crippen LogP contribution in [0.2, 0.25) is 0 Å². The molecule has 0 radical (unpaired) electrons. The minimum atomic E-state index is -5.50. The van der Waals surface area contributed by atoms with Gasteiger partial charge in [-0.15, -0.1) is 0 Å². The number of hydrogen-bond acceptors (Lipinski definition) is 5. The van der Waals surface area contributed by atoms with Crippen molar-refractivity contribution < 1.29 is 31.1 Å².